The van der Waals surface area contributed by atoms with Crippen molar-refractivity contribution in [2.45, 2.75) is 13.5 Å². The van der Waals surface area contributed by atoms with Crippen molar-refractivity contribution in [1.82, 2.24) is 4.90 Å². The Balaban J connectivity index is 1.80. The van der Waals surface area contributed by atoms with Gasteiger partial charge in [0, 0.05) is 7.05 Å². The maximum absolute atomic E-state index is 13.3. The molecule has 0 spiro atoms. The molecule has 0 N–H and O–H groups in total. The van der Waals surface area contributed by atoms with Crippen LogP contribution in [0.5, 0.6) is 11.5 Å². The number of rotatable bonds is 6. The van der Waals surface area contributed by atoms with Crippen molar-refractivity contribution in [2.75, 3.05) is 13.7 Å². The predicted octanol–water partition coefficient (Wildman–Crippen LogP) is 4.47. The molecular formula is C20H18FNO4S. The maximum atomic E-state index is 13.3. The molecule has 3 rings (SSSR count). The first kappa shape index (κ1) is 19.0. The lowest BCUT2D eigenvalue weighted by molar-refractivity contribution is -0.121. The first-order valence-corrected chi connectivity index (χ1v) is 9.15. The summed E-state index contributed by atoms with van der Waals surface area (Å²) < 4.78 is 24.7. The molecule has 1 heterocycles. The van der Waals surface area contributed by atoms with Crippen LogP contribution >= 0.6 is 11.8 Å². The summed E-state index contributed by atoms with van der Waals surface area (Å²) in [4.78, 5) is 25.1. The molecule has 0 radical (unpaired) electrons. The second-order valence-corrected chi connectivity index (χ2v) is 6.79. The molecule has 0 unspecified atom stereocenters. The third-order valence-corrected chi connectivity index (χ3v) is 4.80. The minimum absolute atomic E-state index is 0.200. The molecule has 1 saturated heterocycles. The molecule has 0 atom stereocenters. The Labute approximate surface area is 160 Å². The average molecular weight is 387 g/mol. The van der Waals surface area contributed by atoms with Crippen molar-refractivity contribution in [3.05, 3.63) is 64.3 Å². The number of nitrogens with zero attached hydrogens (tertiary/aromatic N) is 1. The van der Waals surface area contributed by atoms with E-state index in [9.17, 15) is 14.0 Å². The van der Waals surface area contributed by atoms with Gasteiger partial charge in [-0.1, -0.05) is 18.2 Å². The third-order valence-electron chi connectivity index (χ3n) is 3.84. The number of likely N-dealkylation sites (N-methyl/N-ethyl adjacent to an activating group) is 1. The van der Waals surface area contributed by atoms with E-state index in [1.54, 1.807) is 36.4 Å². The van der Waals surface area contributed by atoms with E-state index in [1.165, 1.54) is 19.2 Å². The SMILES string of the molecule is CCOc1cc(/C=C2\SC(=O)N(C)C2=O)ccc1OCc1cccc(F)c1. The zero-order valence-corrected chi connectivity index (χ0v) is 15.7. The van der Waals surface area contributed by atoms with E-state index in [1.807, 2.05) is 6.92 Å². The molecule has 27 heavy (non-hydrogen) atoms. The first-order chi connectivity index (χ1) is 13.0. The zero-order valence-electron chi connectivity index (χ0n) is 14.9. The van der Waals surface area contributed by atoms with Gasteiger partial charge in [0.15, 0.2) is 11.5 Å². The van der Waals surface area contributed by atoms with Crippen molar-refractivity contribution < 1.29 is 23.5 Å². The van der Waals surface area contributed by atoms with Crippen LogP contribution in [0.15, 0.2) is 47.4 Å². The van der Waals surface area contributed by atoms with Gasteiger partial charge in [-0.05, 0) is 60.2 Å². The van der Waals surface area contributed by atoms with Crippen LogP contribution in [0.25, 0.3) is 6.08 Å². The lowest BCUT2D eigenvalue weighted by Gasteiger charge is -2.13. The van der Waals surface area contributed by atoms with E-state index in [4.69, 9.17) is 9.47 Å². The highest BCUT2D eigenvalue weighted by Gasteiger charge is 2.31. The van der Waals surface area contributed by atoms with Gasteiger partial charge in [0.05, 0.1) is 11.5 Å². The van der Waals surface area contributed by atoms with E-state index in [0.717, 1.165) is 22.2 Å². The van der Waals surface area contributed by atoms with E-state index >= 15 is 0 Å². The summed E-state index contributed by atoms with van der Waals surface area (Å²) in [6.07, 6.45) is 1.65. The largest absolute Gasteiger partial charge is 0.490 e. The van der Waals surface area contributed by atoms with Crippen LogP contribution in [0.4, 0.5) is 9.18 Å². The van der Waals surface area contributed by atoms with Crippen LogP contribution in [0.3, 0.4) is 0 Å². The summed E-state index contributed by atoms with van der Waals surface area (Å²) in [7, 11) is 1.45. The molecule has 0 bridgehead atoms. The van der Waals surface area contributed by atoms with Crippen molar-refractivity contribution in [2.24, 2.45) is 0 Å². The average Bonchev–Trinajstić information content (AvgIpc) is 2.88. The van der Waals surface area contributed by atoms with Crippen LogP contribution in [0.2, 0.25) is 0 Å². The van der Waals surface area contributed by atoms with Gasteiger partial charge in [-0.25, -0.2) is 4.39 Å². The number of carbonyl (C=O) groups is 2. The third kappa shape index (κ3) is 4.49. The molecule has 0 saturated carbocycles. The first-order valence-electron chi connectivity index (χ1n) is 8.33. The molecule has 2 amide bonds. The minimum atomic E-state index is -0.325. The highest BCUT2D eigenvalue weighted by atomic mass is 32.2. The predicted molar refractivity (Wildman–Crippen MR) is 102 cm³/mol. The quantitative estimate of drug-likeness (QED) is 0.685. The Kier molecular flexibility index (Phi) is 5.81. The molecule has 1 fully saturated rings. The van der Waals surface area contributed by atoms with Crippen molar-refractivity contribution in [1.29, 1.82) is 0 Å². The van der Waals surface area contributed by atoms with Gasteiger partial charge >= 0.3 is 0 Å². The fourth-order valence-electron chi connectivity index (χ4n) is 2.49. The fraction of sp³-hybridized carbons (Fsp3) is 0.200. The van der Waals surface area contributed by atoms with Gasteiger partial charge in [-0.2, -0.15) is 0 Å². The summed E-state index contributed by atoms with van der Waals surface area (Å²) in [5.41, 5.74) is 1.42. The van der Waals surface area contributed by atoms with Gasteiger partial charge < -0.3 is 9.47 Å². The Morgan fingerprint density at radius 1 is 1.11 bits per heavy atom. The molecule has 0 aromatic heterocycles. The van der Waals surface area contributed by atoms with Crippen LogP contribution in [0, 0.1) is 5.82 Å². The van der Waals surface area contributed by atoms with Gasteiger partial charge in [0.1, 0.15) is 12.4 Å². The smallest absolute Gasteiger partial charge is 0.293 e. The normalized spacial score (nSPS) is 15.5. The lowest BCUT2D eigenvalue weighted by atomic mass is 10.1. The zero-order chi connectivity index (χ0) is 19.4. The standard InChI is InChI=1S/C20H18FNO4S/c1-3-25-17-10-13(11-18-19(23)22(2)20(24)27-18)7-8-16(17)26-12-14-5-4-6-15(21)9-14/h4-11H,3,12H2,1-2H3/b18-11-. The van der Waals surface area contributed by atoms with Gasteiger partial charge in [0.2, 0.25) is 0 Å². The van der Waals surface area contributed by atoms with Gasteiger partial charge in [-0.3, -0.25) is 14.5 Å². The van der Waals surface area contributed by atoms with Crippen molar-refractivity contribution in [3.63, 3.8) is 0 Å². The number of amides is 2. The van der Waals surface area contributed by atoms with Crippen molar-refractivity contribution in [3.8, 4) is 11.5 Å². The Bertz CT molecular complexity index is 913. The number of hydrogen-bond acceptors (Lipinski definition) is 5. The molecule has 5 nitrogen and oxygen atoms in total. The number of halogens is 1. The Hall–Kier alpha value is -2.80. The number of thioether (sulfide) groups is 1. The van der Waals surface area contributed by atoms with Gasteiger partial charge in [0.25, 0.3) is 11.1 Å². The van der Waals surface area contributed by atoms with Crippen LogP contribution in [0.1, 0.15) is 18.1 Å². The van der Waals surface area contributed by atoms with Crippen LogP contribution < -0.4 is 9.47 Å². The molecule has 2 aromatic carbocycles. The minimum Gasteiger partial charge on any atom is -0.490 e. The summed E-state index contributed by atoms with van der Waals surface area (Å²) in [5.74, 6) is 0.385. The summed E-state index contributed by atoms with van der Waals surface area (Å²) in [5, 5.41) is -0.300. The maximum Gasteiger partial charge on any atom is 0.293 e. The van der Waals surface area contributed by atoms with Crippen molar-refractivity contribution >= 4 is 29.0 Å². The van der Waals surface area contributed by atoms with Crippen LogP contribution in [-0.4, -0.2) is 29.7 Å². The number of carbonyl (C=O) groups excluding carboxylic acids is 2. The highest BCUT2D eigenvalue weighted by Crippen LogP contribution is 2.34. The molecule has 0 aliphatic carbocycles. The lowest BCUT2D eigenvalue weighted by Crippen LogP contribution is -2.22. The summed E-state index contributed by atoms with van der Waals surface area (Å²) in [6, 6.07) is 11.4. The van der Waals surface area contributed by atoms with Gasteiger partial charge in [-0.15, -0.1) is 0 Å². The van der Waals surface area contributed by atoms with E-state index in [0.29, 0.717) is 28.6 Å². The van der Waals surface area contributed by atoms with E-state index in [2.05, 4.69) is 0 Å². The molecular weight excluding hydrogens is 369 g/mol. The second-order valence-electron chi connectivity index (χ2n) is 5.80. The molecule has 1 aliphatic heterocycles. The Morgan fingerprint density at radius 3 is 2.59 bits per heavy atom. The van der Waals surface area contributed by atoms with Crippen LogP contribution in [-0.2, 0) is 11.4 Å². The number of hydrogen-bond donors (Lipinski definition) is 0. The summed E-state index contributed by atoms with van der Waals surface area (Å²) >= 11 is 0.900. The number of ether oxygens (including phenoxy) is 2. The molecule has 140 valence electrons. The van der Waals surface area contributed by atoms with E-state index in [-0.39, 0.29) is 23.6 Å². The topological polar surface area (TPSA) is 55.8 Å². The Morgan fingerprint density at radius 2 is 1.93 bits per heavy atom. The highest BCUT2D eigenvalue weighted by molar-refractivity contribution is 8.18. The number of imide groups is 1. The summed E-state index contributed by atoms with van der Waals surface area (Å²) in [6.45, 7) is 2.49. The molecule has 7 heteroatoms. The molecule has 2 aromatic rings. The van der Waals surface area contributed by atoms with E-state index < -0.39 is 0 Å². The fourth-order valence-corrected chi connectivity index (χ4v) is 3.31. The monoisotopic (exact) mass is 387 g/mol. The number of benzene rings is 2. The molecule has 1 aliphatic rings. The second kappa shape index (κ2) is 8.26.